The predicted octanol–water partition coefficient (Wildman–Crippen LogP) is 2.53. The summed E-state index contributed by atoms with van der Waals surface area (Å²) in [4.78, 5) is 36.2. The lowest BCUT2D eigenvalue weighted by Crippen LogP contribution is -2.44. The molecule has 0 bridgehead atoms. The monoisotopic (exact) mass is 399 g/mol. The Bertz CT molecular complexity index is 804. The predicted molar refractivity (Wildman–Crippen MR) is 107 cm³/mol. The molecule has 2 aromatic carbocycles. The lowest BCUT2D eigenvalue weighted by molar-refractivity contribution is -0.145. The topological polar surface area (TPSA) is 90.9 Å². The molecular weight excluding hydrogens is 374 g/mol. The third-order valence-corrected chi connectivity index (χ3v) is 4.00. The minimum Gasteiger partial charge on any atom is -0.494 e. The number of ether oxygens (including phenoxy) is 3. The van der Waals surface area contributed by atoms with Crippen LogP contribution in [0.2, 0.25) is 0 Å². The van der Waals surface area contributed by atoms with Crippen molar-refractivity contribution in [2.75, 3.05) is 20.3 Å². The number of nitrogens with one attached hydrogen (secondary N) is 1. The van der Waals surface area contributed by atoms with Crippen LogP contribution in [0.25, 0.3) is 0 Å². The number of hydrogen-bond acceptors (Lipinski definition) is 6. The number of hydrogen-bond donors (Lipinski definition) is 1. The zero-order valence-electron chi connectivity index (χ0n) is 16.6. The zero-order chi connectivity index (χ0) is 21.1. The summed E-state index contributed by atoms with van der Waals surface area (Å²) < 4.78 is 15.2. The molecule has 0 heterocycles. The minimum atomic E-state index is -0.872. The van der Waals surface area contributed by atoms with Gasteiger partial charge in [0.1, 0.15) is 11.8 Å². The fraction of sp³-hybridized carbons (Fsp3) is 0.318. The van der Waals surface area contributed by atoms with E-state index in [0.29, 0.717) is 17.9 Å². The molecule has 1 atom stereocenters. The fourth-order valence-electron chi connectivity index (χ4n) is 2.54. The van der Waals surface area contributed by atoms with Crippen LogP contribution < -0.4 is 10.1 Å². The molecule has 1 amide bonds. The van der Waals surface area contributed by atoms with E-state index in [1.807, 2.05) is 37.3 Å². The first kappa shape index (κ1) is 21.9. The third kappa shape index (κ3) is 7.29. The van der Waals surface area contributed by atoms with E-state index in [4.69, 9.17) is 14.2 Å². The Hall–Kier alpha value is -3.35. The van der Waals surface area contributed by atoms with Gasteiger partial charge in [-0.15, -0.1) is 0 Å². The van der Waals surface area contributed by atoms with Gasteiger partial charge in [-0.3, -0.25) is 4.79 Å². The first-order chi connectivity index (χ1) is 14.0. The van der Waals surface area contributed by atoms with Crippen LogP contribution in [0.15, 0.2) is 54.6 Å². The van der Waals surface area contributed by atoms with Crippen molar-refractivity contribution in [1.82, 2.24) is 5.32 Å². The standard InChI is InChI=1S/C22H25NO6/c1-3-13-28-18-11-9-17(10-12-18)21(25)29-15-20(24)23-19(22(26)27-2)14-16-7-5-4-6-8-16/h4-12,19H,3,13-15H2,1-2H3,(H,23,24)/t19-/m0/s1. The van der Waals surface area contributed by atoms with Gasteiger partial charge in [-0.1, -0.05) is 37.3 Å². The van der Waals surface area contributed by atoms with Gasteiger partial charge in [0.2, 0.25) is 0 Å². The number of methoxy groups -OCH3 is 1. The highest BCUT2D eigenvalue weighted by Gasteiger charge is 2.22. The zero-order valence-corrected chi connectivity index (χ0v) is 16.6. The molecule has 0 unspecified atom stereocenters. The summed E-state index contributed by atoms with van der Waals surface area (Å²) in [5.41, 5.74) is 1.17. The highest BCUT2D eigenvalue weighted by molar-refractivity contribution is 5.92. The van der Waals surface area contributed by atoms with E-state index in [1.54, 1.807) is 24.3 Å². The van der Waals surface area contributed by atoms with E-state index >= 15 is 0 Å². The van der Waals surface area contributed by atoms with Gasteiger partial charge < -0.3 is 19.5 Å². The molecule has 154 valence electrons. The Morgan fingerprint density at radius 1 is 1.00 bits per heavy atom. The van der Waals surface area contributed by atoms with Crippen molar-refractivity contribution < 1.29 is 28.6 Å². The van der Waals surface area contributed by atoms with Gasteiger partial charge in [-0.2, -0.15) is 0 Å². The molecule has 0 spiro atoms. The van der Waals surface area contributed by atoms with E-state index < -0.39 is 30.5 Å². The average Bonchev–Trinajstić information content (AvgIpc) is 2.76. The van der Waals surface area contributed by atoms with Crippen LogP contribution in [0.5, 0.6) is 5.75 Å². The molecule has 0 saturated heterocycles. The van der Waals surface area contributed by atoms with Crippen molar-refractivity contribution in [2.24, 2.45) is 0 Å². The van der Waals surface area contributed by atoms with Gasteiger partial charge in [-0.25, -0.2) is 9.59 Å². The van der Waals surface area contributed by atoms with Gasteiger partial charge in [0.15, 0.2) is 6.61 Å². The SMILES string of the molecule is CCCOc1ccc(C(=O)OCC(=O)N[C@@H](Cc2ccccc2)C(=O)OC)cc1. The first-order valence-corrected chi connectivity index (χ1v) is 9.34. The number of benzene rings is 2. The maximum atomic E-state index is 12.2. The number of carbonyl (C=O) groups is 3. The molecule has 2 rings (SSSR count). The summed E-state index contributed by atoms with van der Waals surface area (Å²) in [6.45, 7) is 2.09. The molecule has 7 heteroatoms. The van der Waals surface area contributed by atoms with Gasteiger partial charge >= 0.3 is 11.9 Å². The molecule has 0 fully saturated rings. The molecule has 0 aliphatic carbocycles. The van der Waals surface area contributed by atoms with Crippen LogP contribution in [0, 0.1) is 0 Å². The van der Waals surface area contributed by atoms with Crippen LogP contribution >= 0.6 is 0 Å². The number of carbonyl (C=O) groups excluding carboxylic acids is 3. The number of esters is 2. The van der Waals surface area contributed by atoms with Gasteiger partial charge in [0.05, 0.1) is 19.3 Å². The summed E-state index contributed by atoms with van der Waals surface area (Å²) in [6, 6.07) is 14.8. The van der Waals surface area contributed by atoms with Crippen molar-refractivity contribution in [1.29, 1.82) is 0 Å². The van der Waals surface area contributed by atoms with Gasteiger partial charge in [-0.05, 0) is 36.2 Å². The molecule has 0 radical (unpaired) electrons. The largest absolute Gasteiger partial charge is 0.494 e. The van der Waals surface area contributed by atoms with E-state index in [9.17, 15) is 14.4 Å². The molecule has 1 N–H and O–H groups in total. The van der Waals surface area contributed by atoms with E-state index in [2.05, 4.69) is 5.32 Å². The molecule has 7 nitrogen and oxygen atoms in total. The lowest BCUT2D eigenvalue weighted by atomic mass is 10.1. The molecule has 0 aliphatic rings. The van der Waals surface area contributed by atoms with Crippen molar-refractivity contribution in [2.45, 2.75) is 25.8 Å². The number of rotatable bonds is 10. The van der Waals surface area contributed by atoms with Crippen LogP contribution in [0.1, 0.15) is 29.3 Å². The highest BCUT2D eigenvalue weighted by Crippen LogP contribution is 2.13. The molecule has 0 aromatic heterocycles. The normalized spacial score (nSPS) is 11.2. The van der Waals surface area contributed by atoms with E-state index in [0.717, 1.165) is 12.0 Å². The van der Waals surface area contributed by atoms with E-state index in [-0.39, 0.29) is 6.42 Å². The van der Waals surface area contributed by atoms with Crippen LogP contribution in [-0.2, 0) is 25.5 Å². The molecular formula is C22H25NO6. The van der Waals surface area contributed by atoms with Crippen LogP contribution in [0.3, 0.4) is 0 Å². The second kappa shape index (κ2) is 11.5. The van der Waals surface area contributed by atoms with Gasteiger partial charge in [0, 0.05) is 6.42 Å². The summed E-state index contributed by atoms with van der Waals surface area (Å²) in [5.74, 6) is -1.15. The molecule has 0 saturated carbocycles. The van der Waals surface area contributed by atoms with Crippen molar-refractivity contribution in [3.05, 3.63) is 65.7 Å². The number of amides is 1. The van der Waals surface area contributed by atoms with Gasteiger partial charge in [0.25, 0.3) is 5.91 Å². The quantitative estimate of drug-likeness (QED) is 0.618. The average molecular weight is 399 g/mol. The van der Waals surface area contributed by atoms with Crippen molar-refractivity contribution in [3.63, 3.8) is 0 Å². The van der Waals surface area contributed by atoms with E-state index in [1.165, 1.54) is 7.11 Å². The minimum absolute atomic E-state index is 0.270. The first-order valence-electron chi connectivity index (χ1n) is 9.34. The Kier molecular flexibility index (Phi) is 8.69. The summed E-state index contributed by atoms with van der Waals surface area (Å²) >= 11 is 0. The van der Waals surface area contributed by atoms with Crippen LogP contribution in [0.4, 0.5) is 0 Å². The maximum Gasteiger partial charge on any atom is 0.338 e. The Morgan fingerprint density at radius 2 is 1.69 bits per heavy atom. The third-order valence-electron chi connectivity index (χ3n) is 4.00. The van der Waals surface area contributed by atoms with Crippen molar-refractivity contribution >= 4 is 17.8 Å². The summed E-state index contributed by atoms with van der Waals surface area (Å²) in [6.07, 6.45) is 1.15. The lowest BCUT2D eigenvalue weighted by Gasteiger charge is -2.16. The summed E-state index contributed by atoms with van der Waals surface area (Å²) in [5, 5.41) is 2.54. The molecule has 29 heavy (non-hydrogen) atoms. The van der Waals surface area contributed by atoms with Crippen molar-refractivity contribution in [3.8, 4) is 5.75 Å². The summed E-state index contributed by atoms with van der Waals surface area (Å²) in [7, 11) is 1.25. The maximum absolute atomic E-state index is 12.2. The molecule has 0 aliphatic heterocycles. The Balaban J connectivity index is 1.87. The van der Waals surface area contributed by atoms with Crippen LogP contribution in [-0.4, -0.2) is 44.2 Å². The smallest absolute Gasteiger partial charge is 0.338 e. The Labute approximate surface area is 170 Å². The highest BCUT2D eigenvalue weighted by atomic mass is 16.5. The Morgan fingerprint density at radius 3 is 2.31 bits per heavy atom. The molecule has 2 aromatic rings. The fourth-order valence-corrected chi connectivity index (χ4v) is 2.54. The second-order valence-corrected chi connectivity index (χ2v) is 6.28. The second-order valence-electron chi connectivity index (χ2n) is 6.28.